The van der Waals surface area contributed by atoms with E-state index in [0.29, 0.717) is 30.6 Å². The number of benzene rings is 2. The predicted octanol–water partition coefficient (Wildman–Crippen LogP) is 6.68. The summed E-state index contributed by atoms with van der Waals surface area (Å²) < 4.78 is 43.1. The van der Waals surface area contributed by atoms with E-state index in [1.165, 1.54) is 11.1 Å². The molecule has 290 valence electrons. The Morgan fingerprint density at radius 1 is 1.06 bits per heavy atom. The van der Waals surface area contributed by atoms with Crippen LogP contribution in [0.4, 0.5) is 5.69 Å². The van der Waals surface area contributed by atoms with Crippen LogP contribution in [0.3, 0.4) is 0 Å². The first-order valence-electron chi connectivity index (χ1n) is 19.9. The van der Waals surface area contributed by atoms with Gasteiger partial charge >= 0.3 is 0 Å². The minimum absolute atomic E-state index is 0.214. The summed E-state index contributed by atoms with van der Waals surface area (Å²) in [5.41, 5.74) is 2.93. The van der Waals surface area contributed by atoms with Crippen LogP contribution in [0.1, 0.15) is 87.7 Å². The molecule has 5 aliphatic rings. The van der Waals surface area contributed by atoms with E-state index < -0.39 is 26.8 Å². The van der Waals surface area contributed by atoms with Crippen molar-refractivity contribution >= 4 is 33.2 Å². The molecule has 0 unspecified atom stereocenters. The number of carbonyl (C=O) groups is 1. The van der Waals surface area contributed by atoms with Gasteiger partial charge in [-0.2, -0.15) is 0 Å². The Balaban J connectivity index is 1.29. The largest absolute Gasteiger partial charge is 0.490 e. The second-order valence-electron chi connectivity index (χ2n) is 16.9. The monoisotopic (exact) mass is 766 g/mol. The van der Waals surface area contributed by atoms with E-state index >= 15 is 0 Å². The fourth-order valence-electron chi connectivity index (χ4n) is 9.82. The average Bonchev–Trinajstić information content (AvgIpc) is 3.44. The number of amides is 1. The van der Waals surface area contributed by atoms with Gasteiger partial charge in [0.25, 0.3) is 5.91 Å². The topological polar surface area (TPSA) is 91.4 Å². The number of hydrogen-bond donors (Lipinski definition) is 1. The molecule has 2 aromatic carbocycles. The van der Waals surface area contributed by atoms with E-state index in [4.69, 9.17) is 21.1 Å². The number of methoxy groups -OCH3 is 1. The van der Waals surface area contributed by atoms with Crippen LogP contribution in [-0.2, 0) is 26.6 Å². The normalized spacial score (nSPS) is 33.1. The van der Waals surface area contributed by atoms with Crippen LogP contribution in [0.2, 0.25) is 5.02 Å². The molecular weight excluding hydrogens is 708 g/mol. The minimum atomic E-state index is -3.95. The molecule has 2 fully saturated rings. The summed E-state index contributed by atoms with van der Waals surface area (Å²) in [6.07, 6.45) is 11.3. The van der Waals surface area contributed by atoms with E-state index in [9.17, 15) is 13.2 Å². The number of fused-ring (bicyclic) bond motifs is 4. The molecule has 1 N–H and O–H groups in total. The summed E-state index contributed by atoms with van der Waals surface area (Å²) in [5, 5.41) is -0.0223. The van der Waals surface area contributed by atoms with Crippen molar-refractivity contribution in [2.24, 2.45) is 17.8 Å². The summed E-state index contributed by atoms with van der Waals surface area (Å²) in [6.45, 7) is 15.2. The van der Waals surface area contributed by atoms with Gasteiger partial charge in [-0.05, 0) is 138 Å². The fraction of sp³-hybridized carbons (Fsp3) is 0.643. The van der Waals surface area contributed by atoms with Crippen molar-refractivity contribution in [1.82, 2.24) is 14.5 Å². The zero-order valence-corrected chi connectivity index (χ0v) is 33.9. The molecule has 1 spiro atoms. The Bertz CT molecular complexity index is 1800. The summed E-state index contributed by atoms with van der Waals surface area (Å²) in [4.78, 5) is 21.3. The Labute approximate surface area is 322 Å². The lowest BCUT2D eigenvalue weighted by Crippen LogP contribution is -2.57. The molecule has 0 radical (unpaired) electrons. The van der Waals surface area contributed by atoms with Crippen LogP contribution < -0.4 is 14.4 Å². The highest BCUT2D eigenvalue weighted by Crippen LogP contribution is 2.49. The molecular formula is C42H59ClN4O5S. The van der Waals surface area contributed by atoms with Gasteiger partial charge in [0.05, 0.1) is 17.5 Å². The Hall–Kier alpha value is -2.63. The van der Waals surface area contributed by atoms with E-state index in [2.05, 4.69) is 57.6 Å². The van der Waals surface area contributed by atoms with Gasteiger partial charge in [0.1, 0.15) is 11.4 Å². The average molecular weight is 767 g/mol. The standard InChI is InChI=1S/C42H59ClN4O5S/c1-29(2)46-20-8-19-45(21-22-46)27-42(51-5)18-6-9-30(3)31(4)53(49,50)44-40(48)33-12-16-39-38(24-33)47(25-34-11-14-37(34)42)26-41(28-52-39)17-7-10-32-23-35(43)13-15-36(32)41/h6,12-13,15-16,18,23-24,29-31,34,37H,7-11,14,17,19-22,25-28H2,1-5H3,(H,44,48)/b18-6-/t30-,31+,34-,37+,41-,42+/m0/s1. The lowest BCUT2D eigenvalue weighted by Gasteiger charge is -2.51. The number of ether oxygens (including phenoxy) is 2. The maximum Gasteiger partial charge on any atom is 0.264 e. The number of nitrogens with zero attached hydrogens (tertiary/aromatic N) is 3. The first kappa shape index (κ1) is 38.6. The molecule has 1 saturated carbocycles. The molecule has 6 atom stereocenters. The molecule has 2 bridgehead atoms. The molecule has 2 aromatic rings. The minimum Gasteiger partial charge on any atom is -0.490 e. The van der Waals surface area contributed by atoms with Crippen LogP contribution in [0.25, 0.3) is 0 Å². The van der Waals surface area contributed by atoms with E-state index in [1.54, 1.807) is 13.0 Å². The molecule has 2 aliphatic carbocycles. The highest BCUT2D eigenvalue weighted by atomic mass is 35.5. The molecule has 7 rings (SSSR count). The third kappa shape index (κ3) is 7.77. The quantitative estimate of drug-likeness (QED) is 0.345. The number of anilines is 1. The fourth-order valence-corrected chi connectivity index (χ4v) is 11.3. The smallest absolute Gasteiger partial charge is 0.264 e. The van der Waals surface area contributed by atoms with Gasteiger partial charge in [-0.1, -0.05) is 36.7 Å². The Morgan fingerprint density at radius 3 is 2.64 bits per heavy atom. The highest BCUT2D eigenvalue weighted by molar-refractivity contribution is 7.90. The van der Waals surface area contributed by atoms with Crippen LogP contribution >= 0.6 is 11.6 Å². The van der Waals surface area contributed by atoms with Gasteiger partial charge < -0.3 is 14.4 Å². The van der Waals surface area contributed by atoms with Gasteiger partial charge in [0.2, 0.25) is 10.0 Å². The zero-order valence-electron chi connectivity index (χ0n) is 32.3. The van der Waals surface area contributed by atoms with Crippen LogP contribution in [0, 0.1) is 17.8 Å². The van der Waals surface area contributed by atoms with Crippen LogP contribution in [0.15, 0.2) is 48.6 Å². The molecule has 9 nitrogen and oxygen atoms in total. The second-order valence-corrected chi connectivity index (χ2v) is 19.4. The summed E-state index contributed by atoms with van der Waals surface area (Å²) in [5.74, 6) is 0.509. The van der Waals surface area contributed by atoms with Crippen molar-refractivity contribution in [3.63, 3.8) is 0 Å². The van der Waals surface area contributed by atoms with Crippen molar-refractivity contribution in [2.75, 3.05) is 64.4 Å². The van der Waals surface area contributed by atoms with Gasteiger partial charge in [0, 0.05) is 61.9 Å². The molecule has 11 heteroatoms. The second kappa shape index (κ2) is 15.5. The first-order valence-corrected chi connectivity index (χ1v) is 21.8. The van der Waals surface area contributed by atoms with E-state index in [-0.39, 0.29) is 17.3 Å². The number of carbonyl (C=O) groups excluding carboxylic acids is 1. The number of nitrogens with one attached hydrogen (secondary N) is 1. The number of sulfonamides is 1. The molecule has 1 amide bonds. The molecule has 3 heterocycles. The lowest BCUT2D eigenvalue weighted by atomic mass is 9.63. The number of rotatable bonds is 4. The predicted molar refractivity (Wildman–Crippen MR) is 213 cm³/mol. The SMILES string of the molecule is CO[C@@]1(CN2CCCN(C(C)C)CC2)/C=C\C[C@H](C)[C@@H](C)S(=O)(=O)NC(=O)c2ccc3c(c2)N(C[C@@H]2CC[C@H]21)C[C@@]1(CCCc2cc(Cl)ccc21)CO3. The number of hydrogen-bond acceptors (Lipinski definition) is 8. The summed E-state index contributed by atoms with van der Waals surface area (Å²) in [7, 11) is -2.09. The molecule has 3 aliphatic heterocycles. The summed E-state index contributed by atoms with van der Waals surface area (Å²) >= 11 is 6.51. The number of allylic oxidation sites excluding steroid dienone is 1. The highest BCUT2D eigenvalue weighted by Gasteiger charge is 2.50. The maximum atomic E-state index is 13.7. The van der Waals surface area contributed by atoms with Crippen LogP contribution in [-0.4, -0.2) is 101 Å². The van der Waals surface area contributed by atoms with Crippen molar-refractivity contribution in [1.29, 1.82) is 0 Å². The zero-order chi connectivity index (χ0) is 37.5. The van der Waals surface area contributed by atoms with Gasteiger partial charge in [-0.15, -0.1) is 0 Å². The van der Waals surface area contributed by atoms with Crippen molar-refractivity contribution < 1.29 is 22.7 Å². The van der Waals surface area contributed by atoms with E-state index in [1.807, 2.05) is 32.2 Å². The van der Waals surface area contributed by atoms with Gasteiger partial charge in [0.15, 0.2) is 0 Å². The van der Waals surface area contributed by atoms with Crippen molar-refractivity contribution in [3.05, 3.63) is 70.3 Å². The third-order valence-corrected chi connectivity index (χ3v) is 15.6. The van der Waals surface area contributed by atoms with E-state index in [0.717, 1.165) is 101 Å². The number of aryl methyl sites for hydroxylation is 1. The summed E-state index contributed by atoms with van der Waals surface area (Å²) in [6, 6.07) is 12.2. The molecule has 53 heavy (non-hydrogen) atoms. The molecule has 0 aromatic heterocycles. The van der Waals surface area contributed by atoms with Gasteiger partial charge in [-0.25, -0.2) is 13.1 Å². The lowest BCUT2D eigenvalue weighted by molar-refractivity contribution is -0.0911. The Morgan fingerprint density at radius 2 is 1.89 bits per heavy atom. The number of halogens is 1. The van der Waals surface area contributed by atoms with Crippen molar-refractivity contribution in [3.8, 4) is 5.75 Å². The van der Waals surface area contributed by atoms with Crippen LogP contribution in [0.5, 0.6) is 5.75 Å². The first-order chi connectivity index (χ1) is 25.3. The van der Waals surface area contributed by atoms with Crippen molar-refractivity contribution in [2.45, 2.75) is 94.9 Å². The maximum absolute atomic E-state index is 13.7. The third-order valence-electron chi connectivity index (χ3n) is 13.4. The van der Waals surface area contributed by atoms with Gasteiger partial charge in [-0.3, -0.25) is 14.6 Å². The molecule has 1 saturated heterocycles. The Kier molecular flexibility index (Phi) is 11.3.